The number of nitrogens with zero attached hydrogens (tertiary/aromatic N) is 3. The number of nitrogens with two attached hydrogens (primary N) is 2. The third-order valence-electron chi connectivity index (χ3n) is 5.66. The van der Waals surface area contributed by atoms with Crippen molar-refractivity contribution in [1.82, 2.24) is 0 Å². The van der Waals surface area contributed by atoms with Crippen molar-refractivity contribution in [3.63, 3.8) is 0 Å². The van der Waals surface area contributed by atoms with Gasteiger partial charge in [-0.1, -0.05) is 42.5 Å². The summed E-state index contributed by atoms with van der Waals surface area (Å²) in [5.41, 5.74) is 0.790. The number of fused-ring (bicyclic) bond motifs is 1. The molecule has 0 unspecified atom stereocenters. The van der Waals surface area contributed by atoms with Gasteiger partial charge in [-0.15, -0.1) is 10.2 Å². The van der Waals surface area contributed by atoms with Crippen LogP contribution >= 0.6 is 0 Å². The van der Waals surface area contributed by atoms with E-state index in [1.807, 2.05) is 0 Å². The molecule has 11 heteroatoms. The van der Waals surface area contributed by atoms with Crippen LogP contribution < -0.4 is 21.6 Å². The molecule has 0 heterocycles. The minimum atomic E-state index is -0.693. The molecule has 4 aromatic rings. The van der Waals surface area contributed by atoms with E-state index in [4.69, 9.17) is 26.1 Å². The predicted octanol–water partition coefficient (Wildman–Crippen LogP) is 4.60. The Kier molecular flexibility index (Phi) is 7.71. The number of azo groups is 1. The summed E-state index contributed by atoms with van der Waals surface area (Å²) in [6, 6.07) is 21.4. The van der Waals surface area contributed by atoms with Crippen molar-refractivity contribution >= 4 is 45.7 Å². The number of carbonyl (C=O) groups excluding carboxylic acids is 3. The van der Waals surface area contributed by atoms with Crippen LogP contribution in [-0.2, 0) is 9.47 Å². The molecule has 0 bridgehead atoms. The van der Waals surface area contributed by atoms with Crippen molar-refractivity contribution in [3.05, 3.63) is 95.6 Å². The van der Waals surface area contributed by atoms with Crippen molar-refractivity contribution in [2.75, 3.05) is 19.2 Å². The Bertz CT molecular complexity index is 1550. The predicted molar refractivity (Wildman–Crippen MR) is 139 cm³/mol. The Morgan fingerprint density at radius 2 is 1.47 bits per heavy atom. The summed E-state index contributed by atoms with van der Waals surface area (Å²) in [5, 5.41) is 10.7. The first-order chi connectivity index (χ1) is 18.4. The van der Waals surface area contributed by atoms with Crippen LogP contribution in [0.15, 0.2) is 89.1 Å². The molecule has 0 atom stereocenters. The maximum Gasteiger partial charge on any atom is 0.340 e. The molecular weight excluding hydrogens is 490 g/mol. The molecule has 0 radical (unpaired) electrons. The number of anilines is 1. The van der Waals surface area contributed by atoms with Gasteiger partial charge in [0.25, 0.3) is 5.91 Å². The average molecular weight is 514 g/mol. The van der Waals surface area contributed by atoms with Gasteiger partial charge in [0.2, 0.25) is 0 Å². The molecule has 4 aromatic carbocycles. The van der Waals surface area contributed by atoms with Crippen LogP contribution in [-0.4, -0.2) is 32.1 Å². The van der Waals surface area contributed by atoms with Crippen molar-refractivity contribution in [3.8, 4) is 5.75 Å². The van der Waals surface area contributed by atoms with Gasteiger partial charge in [-0.3, -0.25) is 4.79 Å². The molecule has 1 amide bonds. The van der Waals surface area contributed by atoms with Gasteiger partial charge < -0.3 is 14.3 Å². The van der Waals surface area contributed by atoms with E-state index in [0.29, 0.717) is 16.5 Å². The lowest BCUT2D eigenvalue weighted by Crippen LogP contribution is -2.37. The van der Waals surface area contributed by atoms with Gasteiger partial charge in [-0.25, -0.2) is 20.4 Å². The minimum Gasteiger partial charge on any atom is -0.465 e. The second-order valence-corrected chi connectivity index (χ2v) is 7.87. The van der Waals surface area contributed by atoms with Gasteiger partial charge in [0.15, 0.2) is 5.75 Å². The number of benzene rings is 4. The molecule has 0 fully saturated rings. The number of esters is 2. The molecule has 0 spiro atoms. The highest BCUT2D eigenvalue weighted by atomic mass is 16.6. The smallest absolute Gasteiger partial charge is 0.340 e. The van der Waals surface area contributed by atoms with E-state index < -0.39 is 17.8 Å². The molecule has 192 valence electrons. The minimum absolute atomic E-state index is 0.0215. The van der Waals surface area contributed by atoms with Crippen LogP contribution in [0, 0.1) is 0 Å². The zero-order valence-corrected chi connectivity index (χ0v) is 20.5. The lowest BCUT2D eigenvalue weighted by atomic mass is 10.0. The molecular formula is C27H23N5O6. The first kappa shape index (κ1) is 25.9. The lowest BCUT2D eigenvalue weighted by molar-refractivity contribution is 0.0587. The van der Waals surface area contributed by atoms with Crippen LogP contribution in [0.5, 0.6) is 5.75 Å². The summed E-state index contributed by atoms with van der Waals surface area (Å²) in [5.74, 6) is 9.71. The topological polar surface area (TPSA) is 159 Å². The van der Waals surface area contributed by atoms with Gasteiger partial charge in [-0.05, 0) is 41.8 Å². The summed E-state index contributed by atoms with van der Waals surface area (Å²) in [6.45, 7) is 0. The molecule has 0 aromatic heterocycles. The second kappa shape index (κ2) is 11.3. The third-order valence-corrected chi connectivity index (χ3v) is 5.66. The normalized spacial score (nSPS) is 10.8. The largest absolute Gasteiger partial charge is 0.465 e. The Hall–Kier alpha value is -5.13. The number of carbonyl (C=O) groups is 3. The van der Waals surface area contributed by atoms with Crippen LogP contribution in [0.3, 0.4) is 0 Å². The monoisotopic (exact) mass is 513 g/mol. The molecule has 4 rings (SSSR count). The highest BCUT2D eigenvalue weighted by Crippen LogP contribution is 2.40. The fourth-order valence-electron chi connectivity index (χ4n) is 3.77. The van der Waals surface area contributed by atoms with E-state index in [-0.39, 0.29) is 33.8 Å². The van der Waals surface area contributed by atoms with E-state index >= 15 is 0 Å². The van der Waals surface area contributed by atoms with Gasteiger partial charge in [0, 0.05) is 5.39 Å². The quantitative estimate of drug-likeness (QED) is 0.119. The van der Waals surface area contributed by atoms with E-state index in [1.165, 1.54) is 32.4 Å². The molecule has 38 heavy (non-hydrogen) atoms. The zero-order chi connectivity index (χ0) is 27.2. The third kappa shape index (κ3) is 5.05. The molecule has 4 N–H and O–H groups in total. The number of hydrogen-bond donors (Lipinski definition) is 2. The van der Waals surface area contributed by atoms with E-state index in [2.05, 4.69) is 10.2 Å². The van der Waals surface area contributed by atoms with Crippen molar-refractivity contribution in [2.45, 2.75) is 0 Å². The maximum atomic E-state index is 13.4. The van der Waals surface area contributed by atoms with Gasteiger partial charge in [0.1, 0.15) is 11.4 Å². The number of hydrazine groups is 1. The number of hydrogen-bond acceptors (Lipinski definition) is 10. The summed E-state index contributed by atoms with van der Waals surface area (Å²) >= 11 is 0. The second-order valence-electron chi connectivity index (χ2n) is 7.87. The summed E-state index contributed by atoms with van der Waals surface area (Å²) in [6.07, 6.45) is 0. The van der Waals surface area contributed by atoms with E-state index in [9.17, 15) is 14.4 Å². The number of rotatable bonds is 7. The van der Waals surface area contributed by atoms with E-state index in [0.717, 1.165) is 5.01 Å². The number of methoxy groups -OCH3 is 2. The lowest BCUT2D eigenvalue weighted by Gasteiger charge is -2.19. The Morgan fingerprint density at radius 3 is 2.16 bits per heavy atom. The Balaban J connectivity index is 1.89. The molecule has 0 aliphatic carbocycles. The number of amides is 1. The first-order valence-electron chi connectivity index (χ1n) is 11.2. The average Bonchev–Trinajstić information content (AvgIpc) is 2.97. The van der Waals surface area contributed by atoms with E-state index in [1.54, 1.807) is 60.7 Å². The summed E-state index contributed by atoms with van der Waals surface area (Å²) in [4.78, 5) is 42.9. The number of para-hydroxylation sites is 1. The molecule has 0 aliphatic rings. The van der Waals surface area contributed by atoms with Crippen molar-refractivity contribution < 1.29 is 28.7 Å². The highest BCUT2D eigenvalue weighted by Gasteiger charge is 2.24. The number of ether oxygens (including phenoxy) is 2. The fourth-order valence-corrected chi connectivity index (χ4v) is 3.77. The first-order valence-corrected chi connectivity index (χ1v) is 11.2. The van der Waals surface area contributed by atoms with Gasteiger partial charge >= 0.3 is 11.9 Å². The van der Waals surface area contributed by atoms with Crippen molar-refractivity contribution in [1.29, 1.82) is 0 Å². The molecule has 0 saturated carbocycles. The maximum absolute atomic E-state index is 13.4. The highest BCUT2D eigenvalue weighted by molar-refractivity contribution is 6.12. The van der Waals surface area contributed by atoms with Crippen molar-refractivity contribution in [2.24, 2.45) is 22.0 Å². The van der Waals surface area contributed by atoms with Crippen LogP contribution in [0.4, 0.5) is 17.1 Å². The van der Waals surface area contributed by atoms with Gasteiger partial charge in [0.05, 0.1) is 36.6 Å². The standard InChI is InChI=1S/C27H23N5O6/c1-36-26(34)17-12-13-20(27(35)37-2)22(15-17)30-31-23-19-11-7-6-8-16(19)14-21(24(23)38-29)25(33)32(28)18-9-4-3-5-10-18/h3-15H,28-29H2,1-2H3. The Labute approximate surface area is 217 Å². The SMILES string of the molecule is COC(=O)c1ccc(C(=O)OC)c(N=Nc2c(ON)c(C(=O)N(N)c3ccccc3)cc3ccccc23)c1. The summed E-state index contributed by atoms with van der Waals surface area (Å²) < 4.78 is 9.58. The van der Waals surface area contributed by atoms with Crippen LogP contribution in [0.1, 0.15) is 31.1 Å². The Morgan fingerprint density at radius 1 is 0.789 bits per heavy atom. The summed E-state index contributed by atoms with van der Waals surface area (Å²) in [7, 11) is 2.44. The fraction of sp³-hybridized carbons (Fsp3) is 0.0741. The van der Waals surface area contributed by atoms with Crippen LogP contribution in [0.2, 0.25) is 0 Å². The molecule has 0 aliphatic heterocycles. The molecule has 0 saturated heterocycles. The van der Waals surface area contributed by atoms with Gasteiger partial charge in [-0.2, -0.15) is 5.90 Å². The van der Waals surface area contributed by atoms with Crippen LogP contribution in [0.25, 0.3) is 10.8 Å². The zero-order valence-electron chi connectivity index (χ0n) is 20.5. The molecule has 11 nitrogen and oxygen atoms in total.